The fourth-order valence-corrected chi connectivity index (χ4v) is 6.76. The summed E-state index contributed by atoms with van der Waals surface area (Å²) < 4.78 is 39.6. The van der Waals surface area contributed by atoms with Crippen LogP contribution in [0.5, 0.6) is 5.75 Å². The molecule has 3 aromatic carbocycles. The van der Waals surface area contributed by atoms with E-state index in [1.54, 1.807) is 5.38 Å². The quantitative estimate of drug-likeness (QED) is 0.264. The van der Waals surface area contributed by atoms with Gasteiger partial charge < -0.3 is 9.15 Å². The smallest absolute Gasteiger partial charge is 0.257 e. The largest absolute Gasteiger partial charge is 0.490 e. The van der Waals surface area contributed by atoms with Gasteiger partial charge >= 0.3 is 0 Å². The van der Waals surface area contributed by atoms with E-state index in [0.29, 0.717) is 59.6 Å². The molecule has 0 atom stereocenters. The fraction of sp³-hybridized carbons (Fsp3) is 0.172. The molecule has 0 saturated heterocycles. The standard InChI is InChI=1S/C29H25N3O5S2/c1-2-36-25-9-5-8-21-16-26(37-27(21)25)24-18-38-29(30-24)31-28(33)20-10-12-23(13-11-20)39(34,35)32-15-14-19-6-3-4-7-22(19)17-32/h3-13,16,18H,2,14-15,17H2,1H3,(H,30,31,33). The summed E-state index contributed by atoms with van der Waals surface area (Å²) in [4.78, 5) is 17.5. The van der Waals surface area contributed by atoms with E-state index in [0.717, 1.165) is 10.9 Å². The van der Waals surface area contributed by atoms with Crippen LogP contribution in [0, 0.1) is 0 Å². The molecule has 10 heteroatoms. The van der Waals surface area contributed by atoms with Crippen molar-refractivity contribution < 1.29 is 22.4 Å². The van der Waals surface area contributed by atoms with Crippen LogP contribution in [0.15, 0.2) is 87.5 Å². The van der Waals surface area contributed by atoms with E-state index in [2.05, 4.69) is 10.3 Å². The van der Waals surface area contributed by atoms with E-state index in [9.17, 15) is 13.2 Å². The SMILES string of the molecule is CCOc1cccc2cc(-c3csc(NC(=O)c4ccc(S(=O)(=O)N5CCc6ccccc6C5)cc4)n3)oc12. The Bertz CT molecular complexity index is 1770. The predicted octanol–water partition coefficient (Wildman–Crippen LogP) is 5.95. The molecule has 39 heavy (non-hydrogen) atoms. The molecular weight excluding hydrogens is 534 g/mol. The highest BCUT2D eigenvalue weighted by Gasteiger charge is 2.28. The van der Waals surface area contributed by atoms with Gasteiger partial charge in [0.1, 0.15) is 5.69 Å². The topological polar surface area (TPSA) is 102 Å². The number of ether oxygens (including phenoxy) is 1. The monoisotopic (exact) mass is 559 g/mol. The van der Waals surface area contributed by atoms with Gasteiger partial charge in [0.05, 0.1) is 11.5 Å². The second-order valence-corrected chi connectivity index (χ2v) is 11.9. The van der Waals surface area contributed by atoms with Gasteiger partial charge in [-0.3, -0.25) is 10.1 Å². The zero-order valence-electron chi connectivity index (χ0n) is 21.1. The number of nitrogens with one attached hydrogen (secondary N) is 1. The molecule has 0 saturated carbocycles. The second-order valence-electron chi connectivity index (χ2n) is 9.09. The summed E-state index contributed by atoms with van der Waals surface area (Å²) >= 11 is 1.28. The van der Waals surface area contributed by atoms with E-state index >= 15 is 0 Å². The lowest BCUT2D eigenvalue weighted by Crippen LogP contribution is -2.35. The van der Waals surface area contributed by atoms with Crippen LogP contribution < -0.4 is 10.1 Å². The molecular formula is C29H25N3O5S2. The van der Waals surface area contributed by atoms with E-state index < -0.39 is 10.0 Å². The number of rotatable bonds is 7. The van der Waals surface area contributed by atoms with Crippen molar-refractivity contribution in [3.05, 3.63) is 94.9 Å². The molecule has 3 heterocycles. The van der Waals surface area contributed by atoms with Crippen molar-refractivity contribution in [3.8, 4) is 17.2 Å². The van der Waals surface area contributed by atoms with Gasteiger partial charge in [-0.2, -0.15) is 4.31 Å². The van der Waals surface area contributed by atoms with Gasteiger partial charge in [0, 0.05) is 29.4 Å². The number of hydrogen-bond acceptors (Lipinski definition) is 7. The van der Waals surface area contributed by atoms with Gasteiger partial charge in [-0.15, -0.1) is 11.3 Å². The van der Waals surface area contributed by atoms with Gasteiger partial charge in [0.2, 0.25) is 10.0 Å². The van der Waals surface area contributed by atoms with E-state index in [4.69, 9.17) is 9.15 Å². The number of carbonyl (C=O) groups excluding carboxylic acids is 1. The highest BCUT2D eigenvalue weighted by molar-refractivity contribution is 7.89. The molecule has 8 nitrogen and oxygen atoms in total. The molecule has 0 bridgehead atoms. The zero-order chi connectivity index (χ0) is 27.0. The number of carbonyl (C=O) groups is 1. The number of benzene rings is 3. The number of nitrogens with zero attached hydrogens (tertiary/aromatic N) is 2. The van der Waals surface area contributed by atoms with Crippen molar-refractivity contribution in [3.63, 3.8) is 0 Å². The molecule has 0 spiro atoms. The lowest BCUT2D eigenvalue weighted by atomic mass is 10.0. The first-order valence-electron chi connectivity index (χ1n) is 12.5. The van der Waals surface area contributed by atoms with Crippen molar-refractivity contribution in [1.82, 2.24) is 9.29 Å². The van der Waals surface area contributed by atoms with Crippen molar-refractivity contribution >= 4 is 43.4 Å². The number of furan rings is 1. The minimum absolute atomic E-state index is 0.159. The molecule has 6 rings (SSSR count). The van der Waals surface area contributed by atoms with Crippen LogP contribution >= 0.6 is 11.3 Å². The molecule has 0 unspecified atom stereocenters. The summed E-state index contributed by atoms with van der Waals surface area (Å²) in [7, 11) is -3.68. The highest BCUT2D eigenvalue weighted by Crippen LogP contribution is 2.35. The van der Waals surface area contributed by atoms with Gasteiger partial charge in [-0.1, -0.05) is 36.4 Å². The van der Waals surface area contributed by atoms with Crippen LogP contribution in [0.2, 0.25) is 0 Å². The van der Waals surface area contributed by atoms with Crippen LogP contribution in [0.3, 0.4) is 0 Å². The fourth-order valence-electron chi connectivity index (χ4n) is 4.65. The first kappa shape index (κ1) is 25.3. The Morgan fingerprint density at radius 1 is 1.08 bits per heavy atom. The van der Waals surface area contributed by atoms with Gasteiger partial charge in [-0.25, -0.2) is 13.4 Å². The third-order valence-corrected chi connectivity index (χ3v) is 9.25. The average molecular weight is 560 g/mol. The first-order valence-corrected chi connectivity index (χ1v) is 14.8. The normalized spacial score (nSPS) is 13.8. The Morgan fingerprint density at radius 2 is 1.87 bits per heavy atom. The molecule has 2 aromatic heterocycles. The third kappa shape index (κ3) is 4.94. The maximum absolute atomic E-state index is 13.2. The number of sulfonamides is 1. The van der Waals surface area contributed by atoms with Gasteiger partial charge in [-0.05, 0) is 60.9 Å². The second kappa shape index (κ2) is 10.3. The van der Waals surface area contributed by atoms with Crippen LogP contribution in [0.25, 0.3) is 22.4 Å². The molecule has 1 N–H and O–H groups in total. The molecule has 198 valence electrons. The van der Waals surface area contributed by atoms with Crippen molar-refractivity contribution in [2.24, 2.45) is 0 Å². The Labute approximate surface area is 229 Å². The maximum Gasteiger partial charge on any atom is 0.257 e. The zero-order valence-corrected chi connectivity index (χ0v) is 22.7. The molecule has 0 aliphatic carbocycles. The number of aromatic nitrogens is 1. The summed E-state index contributed by atoms with van der Waals surface area (Å²) in [5.41, 5.74) is 3.77. The lowest BCUT2D eigenvalue weighted by molar-refractivity contribution is 0.102. The molecule has 1 aliphatic heterocycles. The summed E-state index contributed by atoms with van der Waals surface area (Å²) in [6.45, 7) is 3.21. The van der Waals surface area contributed by atoms with Crippen LogP contribution in [-0.2, 0) is 23.0 Å². The number of thiazole rings is 1. The van der Waals surface area contributed by atoms with Gasteiger partial charge in [0.25, 0.3) is 5.91 Å². The summed E-state index contributed by atoms with van der Waals surface area (Å²) in [6.07, 6.45) is 0.674. The highest BCUT2D eigenvalue weighted by atomic mass is 32.2. The number of anilines is 1. The number of fused-ring (bicyclic) bond motifs is 2. The number of para-hydroxylation sites is 1. The summed E-state index contributed by atoms with van der Waals surface area (Å²) in [5, 5.41) is 5.90. The molecule has 0 fully saturated rings. The van der Waals surface area contributed by atoms with Crippen LogP contribution in [0.4, 0.5) is 5.13 Å². The van der Waals surface area contributed by atoms with E-state index in [-0.39, 0.29) is 10.8 Å². The van der Waals surface area contributed by atoms with Crippen molar-refractivity contribution in [2.45, 2.75) is 24.8 Å². The van der Waals surface area contributed by atoms with Gasteiger partial charge in [0.15, 0.2) is 22.2 Å². The average Bonchev–Trinajstić information content (AvgIpc) is 3.61. The number of amides is 1. The first-order chi connectivity index (χ1) is 18.9. The van der Waals surface area contributed by atoms with Crippen LogP contribution in [0.1, 0.15) is 28.4 Å². The minimum Gasteiger partial charge on any atom is -0.490 e. The van der Waals surface area contributed by atoms with E-state index in [1.165, 1.54) is 45.5 Å². The minimum atomic E-state index is -3.68. The summed E-state index contributed by atoms with van der Waals surface area (Å²) in [6, 6.07) is 21.5. The Morgan fingerprint density at radius 3 is 2.67 bits per heavy atom. The van der Waals surface area contributed by atoms with Crippen molar-refractivity contribution in [2.75, 3.05) is 18.5 Å². The Balaban J connectivity index is 1.15. The Hall–Kier alpha value is -3.99. The molecule has 1 amide bonds. The Kier molecular flexibility index (Phi) is 6.68. The van der Waals surface area contributed by atoms with E-state index in [1.807, 2.05) is 55.5 Å². The number of hydrogen-bond donors (Lipinski definition) is 1. The maximum atomic E-state index is 13.2. The third-order valence-electron chi connectivity index (χ3n) is 6.63. The molecule has 5 aromatic rings. The molecule has 1 aliphatic rings. The van der Waals surface area contributed by atoms with Crippen molar-refractivity contribution in [1.29, 1.82) is 0 Å². The summed E-state index contributed by atoms with van der Waals surface area (Å²) in [5.74, 6) is 0.861. The van der Waals surface area contributed by atoms with Crippen LogP contribution in [-0.4, -0.2) is 36.8 Å². The predicted molar refractivity (Wildman–Crippen MR) is 151 cm³/mol. The molecule has 0 radical (unpaired) electrons. The lowest BCUT2D eigenvalue weighted by Gasteiger charge is -2.28.